The van der Waals surface area contributed by atoms with Crippen molar-refractivity contribution in [2.45, 2.75) is 27.3 Å². The molecule has 0 spiro atoms. The van der Waals surface area contributed by atoms with Crippen LogP contribution in [0.4, 0.5) is 11.5 Å². The fourth-order valence-electron chi connectivity index (χ4n) is 3.87. The fraction of sp³-hybridized carbons (Fsp3) is 0.250. The number of imidazole rings is 1. The third-order valence-corrected chi connectivity index (χ3v) is 8.73. The summed E-state index contributed by atoms with van der Waals surface area (Å²) >= 11 is 13.4. The zero-order chi connectivity index (χ0) is 30.6. The maximum absolute atomic E-state index is 13.0. The highest BCUT2D eigenvalue weighted by Crippen LogP contribution is 2.43. The molecule has 0 amide bonds. The van der Waals surface area contributed by atoms with Crippen LogP contribution in [-0.4, -0.2) is 64.1 Å². The van der Waals surface area contributed by atoms with Crippen molar-refractivity contribution in [3.05, 3.63) is 82.3 Å². The summed E-state index contributed by atoms with van der Waals surface area (Å²) in [5.41, 5.74) is 3.47. The Morgan fingerprint density at radius 2 is 1.86 bits per heavy atom. The van der Waals surface area contributed by atoms with Crippen LogP contribution in [0.15, 0.2) is 65.7 Å². The summed E-state index contributed by atoms with van der Waals surface area (Å²) in [6.07, 6.45) is 9.96. The summed E-state index contributed by atoms with van der Waals surface area (Å²) in [7, 11) is 0.506. The second kappa shape index (κ2) is 13.0. The number of pyridine rings is 1. The Kier molecular flexibility index (Phi) is 9.62. The minimum absolute atomic E-state index is 0.0618. The fourth-order valence-corrected chi connectivity index (χ4v) is 5.46. The first-order valence-electron chi connectivity index (χ1n) is 12.7. The number of fused-ring (bicyclic) bond motifs is 1. The number of aliphatic imine (C=N–C) groups is 1. The van der Waals surface area contributed by atoms with Crippen LogP contribution in [0.3, 0.4) is 0 Å². The van der Waals surface area contributed by atoms with Gasteiger partial charge in [-0.05, 0) is 45.0 Å². The van der Waals surface area contributed by atoms with Crippen molar-refractivity contribution in [2.75, 3.05) is 26.1 Å². The zero-order valence-corrected chi connectivity index (χ0v) is 26.3. The molecule has 0 bridgehead atoms. The van der Waals surface area contributed by atoms with Crippen LogP contribution in [0, 0.1) is 0 Å². The number of anilines is 2. The third-order valence-electron chi connectivity index (χ3n) is 6.31. The third kappa shape index (κ3) is 6.31. The molecular weight excluding hydrogens is 599 g/mol. The van der Waals surface area contributed by atoms with E-state index in [-0.39, 0.29) is 17.4 Å². The summed E-state index contributed by atoms with van der Waals surface area (Å²) in [5, 5.41) is 0.509. The molecule has 1 aromatic carbocycles. The Labute approximate surface area is 255 Å². The van der Waals surface area contributed by atoms with E-state index < -0.39 is 10.2 Å². The molecule has 220 valence electrons. The monoisotopic (exact) mass is 628 g/mol. The second-order valence-electron chi connectivity index (χ2n) is 9.13. The van der Waals surface area contributed by atoms with E-state index >= 15 is 0 Å². The lowest BCUT2D eigenvalue weighted by Crippen LogP contribution is -2.31. The van der Waals surface area contributed by atoms with Gasteiger partial charge in [0, 0.05) is 44.0 Å². The van der Waals surface area contributed by atoms with Crippen molar-refractivity contribution < 1.29 is 13.2 Å². The summed E-state index contributed by atoms with van der Waals surface area (Å²) in [4.78, 5) is 24.5. The SMILES string of the molecule is C\C=C(C)/N=C\C(=C/C)c1cnc2ccc(N(Cc3nccn3S(=O)(=O)N(C)C)c3c(Cl)ccc(OC)c3Cl)nc2n1. The van der Waals surface area contributed by atoms with Crippen molar-refractivity contribution in [1.29, 1.82) is 0 Å². The Morgan fingerprint density at radius 1 is 1.10 bits per heavy atom. The molecule has 42 heavy (non-hydrogen) atoms. The molecule has 0 saturated heterocycles. The summed E-state index contributed by atoms with van der Waals surface area (Å²) in [6.45, 7) is 5.65. The van der Waals surface area contributed by atoms with E-state index in [0.29, 0.717) is 39.1 Å². The van der Waals surface area contributed by atoms with Gasteiger partial charge in [0.1, 0.15) is 27.9 Å². The molecule has 0 fully saturated rings. The number of aromatic nitrogens is 5. The van der Waals surface area contributed by atoms with E-state index in [1.165, 1.54) is 33.6 Å². The van der Waals surface area contributed by atoms with Crippen molar-refractivity contribution >= 4 is 67.9 Å². The molecule has 3 aromatic heterocycles. The van der Waals surface area contributed by atoms with Gasteiger partial charge in [-0.3, -0.25) is 9.98 Å². The minimum atomic E-state index is -3.87. The van der Waals surface area contributed by atoms with Crippen LogP contribution in [0.2, 0.25) is 10.0 Å². The van der Waals surface area contributed by atoms with Gasteiger partial charge >= 0.3 is 10.2 Å². The summed E-state index contributed by atoms with van der Waals surface area (Å²) < 4.78 is 33.7. The Bertz CT molecular complexity index is 1820. The highest BCUT2D eigenvalue weighted by Gasteiger charge is 2.26. The Balaban J connectivity index is 1.90. The van der Waals surface area contributed by atoms with Gasteiger partial charge in [0.2, 0.25) is 0 Å². The molecule has 0 aliphatic heterocycles. The molecule has 0 aliphatic rings. The van der Waals surface area contributed by atoms with Crippen LogP contribution in [0.1, 0.15) is 32.3 Å². The van der Waals surface area contributed by atoms with Gasteiger partial charge in [0.15, 0.2) is 5.65 Å². The van der Waals surface area contributed by atoms with E-state index in [1.54, 1.807) is 41.6 Å². The van der Waals surface area contributed by atoms with Crippen molar-refractivity contribution in [1.82, 2.24) is 28.2 Å². The van der Waals surface area contributed by atoms with Gasteiger partial charge in [-0.2, -0.15) is 12.7 Å². The molecule has 11 nitrogen and oxygen atoms in total. The topological polar surface area (TPSA) is 119 Å². The minimum Gasteiger partial charge on any atom is -0.495 e. The first kappa shape index (κ1) is 31.1. The van der Waals surface area contributed by atoms with Crippen LogP contribution in [-0.2, 0) is 16.8 Å². The van der Waals surface area contributed by atoms with Gasteiger partial charge < -0.3 is 9.64 Å². The lowest BCUT2D eigenvalue weighted by atomic mass is 10.2. The molecule has 0 unspecified atom stereocenters. The van der Waals surface area contributed by atoms with E-state index in [4.69, 9.17) is 37.9 Å². The molecule has 0 N–H and O–H groups in total. The van der Waals surface area contributed by atoms with Crippen LogP contribution in [0.25, 0.3) is 16.7 Å². The molecule has 0 aliphatic carbocycles. The Morgan fingerprint density at radius 3 is 2.52 bits per heavy atom. The van der Waals surface area contributed by atoms with Crippen molar-refractivity contribution in [3.8, 4) is 5.75 Å². The number of allylic oxidation sites excluding steroid dienone is 4. The van der Waals surface area contributed by atoms with Crippen LogP contribution < -0.4 is 9.64 Å². The highest BCUT2D eigenvalue weighted by molar-refractivity contribution is 7.87. The van der Waals surface area contributed by atoms with Crippen LogP contribution in [0.5, 0.6) is 5.75 Å². The number of methoxy groups -OCH3 is 1. The maximum Gasteiger partial charge on any atom is 0.308 e. The van der Waals surface area contributed by atoms with Gasteiger partial charge in [0.05, 0.1) is 36.3 Å². The number of halogens is 2. The van der Waals surface area contributed by atoms with E-state index in [2.05, 4.69) is 15.0 Å². The van der Waals surface area contributed by atoms with Gasteiger partial charge in [-0.15, -0.1) is 0 Å². The van der Waals surface area contributed by atoms with E-state index in [1.807, 2.05) is 32.9 Å². The maximum atomic E-state index is 13.0. The zero-order valence-electron chi connectivity index (χ0n) is 23.9. The second-order valence-corrected chi connectivity index (χ2v) is 11.9. The average molecular weight is 630 g/mol. The van der Waals surface area contributed by atoms with Crippen molar-refractivity contribution in [2.24, 2.45) is 4.99 Å². The van der Waals surface area contributed by atoms with E-state index in [9.17, 15) is 8.42 Å². The van der Waals surface area contributed by atoms with Gasteiger partial charge in [0.25, 0.3) is 0 Å². The van der Waals surface area contributed by atoms with Gasteiger partial charge in [-0.1, -0.05) is 35.4 Å². The largest absolute Gasteiger partial charge is 0.495 e. The molecule has 4 rings (SSSR count). The number of nitrogens with zero attached hydrogens (tertiary/aromatic N) is 8. The molecule has 0 radical (unpaired) electrons. The predicted octanol–water partition coefficient (Wildman–Crippen LogP) is 5.93. The first-order chi connectivity index (χ1) is 20.0. The average Bonchev–Trinajstić information content (AvgIpc) is 3.45. The van der Waals surface area contributed by atoms with Gasteiger partial charge in [-0.25, -0.2) is 18.9 Å². The quantitative estimate of drug-likeness (QED) is 0.198. The molecule has 3 heterocycles. The standard InChI is InChI=1S/C28H30Cl2N8O3S/c1-7-18(3)32-15-19(8-2)22-16-33-21-10-12-24(35-28(21)34-22)37(27-20(29)9-11-23(41-6)26(27)30)17-25-31-13-14-38(25)42(39,40)36(4)5/h7-16H,17H2,1-6H3/b18-7-,19-8+,32-15-. The first-order valence-corrected chi connectivity index (χ1v) is 14.9. The number of rotatable bonds is 10. The summed E-state index contributed by atoms with van der Waals surface area (Å²) in [6, 6.07) is 6.77. The summed E-state index contributed by atoms with van der Waals surface area (Å²) in [5.74, 6) is 0.956. The number of benzene rings is 1. The molecule has 0 atom stereocenters. The molecule has 4 aromatic rings. The highest BCUT2D eigenvalue weighted by atomic mass is 35.5. The van der Waals surface area contributed by atoms with E-state index in [0.717, 1.165) is 19.5 Å². The Hall–Kier alpha value is -3.84. The predicted molar refractivity (Wildman–Crippen MR) is 168 cm³/mol. The molecule has 14 heteroatoms. The number of hydrogen-bond donors (Lipinski definition) is 0. The molecular formula is C28H30Cl2N8O3S. The lowest BCUT2D eigenvalue weighted by Gasteiger charge is -2.27. The number of ether oxygens (including phenoxy) is 1. The number of hydrogen-bond acceptors (Lipinski definition) is 9. The van der Waals surface area contributed by atoms with Crippen LogP contribution >= 0.6 is 23.2 Å². The lowest BCUT2D eigenvalue weighted by molar-refractivity contribution is 0.415. The molecule has 0 saturated carbocycles. The normalized spacial score (nSPS) is 13.0. The smallest absolute Gasteiger partial charge is 0.308 e. The van der Waals surface area contributed by atoms with Crippen molar-refractivity contribution in [3.63, 3.8) is 0 Å².